The van der Waals surface area contributed by atoms with Crippen LogP contribution in [0.3, 0.4) is 0 Å². The minimum absolute atomic E-state index is 0.0766. The molecule has 6 nitrogen and oxygen atoms in total. The maximum absolute atomic E-state index is 10.8. The number of hydrogen-bond donors (Lipinski definition) is 2. The van der Waals surface area contributed by atoms with Crippen molar-refractivity contribution in [2.45, 2.75) is 12.8 Å². The highest BCUT2D eigenvalue weighted by molar-refractivity contribution is 7.95. The summed E-state index contributed by atoms with van der Waals surface area (Å²) < 4.78 is 4.87. The molecule has 0 aromatic carbocycles. The third-order valence-electron chi connectivity index (χ3n) is 1.15. The number of nitriles is 1. The van der Waals surface area contributed by atoms with Crippen LogP contribution in [0, 0.1) is 11.3 Å². The molecule has 0 aromatic rings. The number of amides is 1. The van der Waals surface area contributed by atoms with Crippen molar-refractivity contribution in [3.05, 3.63) is 0 Å². The first kappa shape index (κ1) is 12.6. The van der Waals surface area contributed by atoms with E-state index < -0.39 is 0 Å². The molecular weight excluding hydrogens is 206 g/mol. The second-order valence-electron chi connectivity index (χ2n) is 2.16. The Kier molecular flexibility index (Phi) is 7.36. The van der Waals surface area contributed by atoms with Crippen LogP contribution in [0.4, 0.5) is 0 Å². The molecular formula is C7H11N3O3S. The Hall–Kier alpha value is -1.42. The van der Waals surface area contributed by atoms with Crippen LogP contribution in [-0.2, 0) is 8.98 Å². The summed E-state index contributed by atoms with van der Waals surface area (Å²) in [5.41, 5.74) is 0. The number of carbonyl (C=O) groups excluding carboxylic acids is 1. The third kappa shape index (κ3) is 6.14. The second-order valence-corrected chi connectivity index (χ2v) is 2.97. The van der Waals surface area contributed by atoms with Crippen LogP contribution < -0.4 is 5.32 Å². The number of nitrogens with one attached hydrogen (secondary N) is 1. The Morgan fingerprint density at radius 2 is 2.50 bits per heavy atom. The molecule has 0 spiro atoms. The van der Waals surface area contributed by atoms with Gasteiger partial charge in [0.2, 0.25) is 11.8 Å². The quantitative estimate of drug-likeness (QED) is 0.174. The van der Waals surface area contributed by atoms with E-state index in [0.29, 0.717) is 12.2 Å². The van der Waals surface area contributed by atoms with E-state index in [1.54, 1.807) is 0 Å². The van der Waals surface area contributed by atoms with E-state index >= 15 is 0 Å². The lowest BCUT2D eigenvalue weighted by atomic mass is 10.4. The van der Waals surface area contributed by atoms with Gasteiger partial charge >= 0.3 is 0 Å². The van der Waals surface area contributed by atoms with Crippen LogP contribution in [0.15, 0.2) is 5.16 Å². The fourth-order valence-electron chi connectivity index (χ4n) is 0.504. The van der Waals surface area contributed by atoms with Crippen LogP contribution in [0.1, 0.15) is 12.8 Å². The molecule has 0 saturated heterocycles. The van der Waals surface area contributed by atoms with Gasteiger partial charge in [-0.3, -0.25) is 4.79 Å². The Bertz CT molecular complexity index is 249. The van der Waals surface area contributed by atoms with E-state index in [4.69, 9.17) is 14.7 Å². The Morgan fingerprint density at radius 1 is 1.79 bits per heavy atom. The summed E-state index contributed by atoms with van der Waals surface area (Å²) in [6, 6.07) is 1.93. The molecule has 0 heterocycles. The standard InChI is InChI=1S/C7H11N3O3S/c1-9-6(11)5-7(10-12)13-14-4-2-3-8/h12H,2,4-5H2,1H3,(H,9,11). The Labute approximate surface area is 86.1 Å². The van der Waals surface area contributed by atoms with Gasteiger partial charge in [0.25, 0.3) is 0 Å². The predicted molar refractivity (Wildman–Crippen MR) is 51.7 cm³/mol. The Balaban J connectivity index is 3.71. The number of hydrogen-bond acceptors (Lipinski definition) is 6. The minimum Gasteiger partial charge on any atom is -0.408 e. The highest BCUT2D eigenvalue weighted by Crippen LogP contribution is 2.06. The number of nitrogens with zero attached hydrogens (tertiary/aromatic N) is 2. The molecule has 2 N–H and O–H groups in total. The smallest absolute Gasteiger partial charge is 0.249 e. The molecule has 7 heteroatoms. The molecule has 0 bridgehead atoms. The van der Waals surface area contributed by atoms with Gasteiger partial charge in [0, 0.05) is 19.2 Å². The summed E-state index contributed by atoms with van der Waals surface area (Å²) in [6.45, 7) is 0. The molecule has 0 unspecified atom stereocenters. The second kappa shape index (κ2) is 8.19. The molecule has 14 heavy (non-hydrogen) atoms. The van der Waals surface area contributed by atoms with Crippen LogP contribution in [-0.4, -0.2) is 29.8 Å². The number of oxime groups is 1. The monoisotopic (exact) mass is 217 g/mol. The highest BCUT2D eigenvalue weighted by atomic mass is 32.2. The highest BCUT2D eigenvalue weighted by Gasteiger charge is 2.08. The molecule has 0 aliphatic heterocycles. The van der Waals surface area contributed by atoms with Gasteiger partial charge in [-0.15, -0.1) is 0 Å². The summed E-state index contributed by atoms with van der Waals surface area (Å²) in [4.78, 5) is 10.8. The first-order chi connectivity index (χ1) is 6.74. The van der Waals surface area contributed by atoms with Crippen molar-refractivity contribution in [1.29, 1.82) is 5.26 Å². The van der Waals surface area contributed by atoms with E-state index in [-0.39, 0.29) is 18.2 Å². The van der Waals surface area contributed by atoms with Gasteiger partial charge in [0.05, 0.1) is 18.1 Å². The maximum atomic E-state index is 10.8. The molecule has 0 atom stereocenters. The summed E-state index contributed by atoms with van der Waals surface area (Å²) in [5.74, 6) is 0.0782. The maximum Gasteiger partial charge on any atom is 0.249 e. The molecule has 0 fully saturated rings. The van der Waals surface area contributed by atoms with E-state index in [1.807, 2.05) is 6.07 Å². The third-order valence-corrected chi connectivity index (χ3v) is 1.84. The van der Waals surface area contributed by atoms with Crippen molar-refractivity contribution in [3.63, 3.8) is 0 Å². The lowest BCUT2D eigenvalue weighted by molar-refractivity contribution is -0.119. The molecule has 1 amide bonds. The van der Waals surface area contributed by atoms with Gasteiger partial charge in [0.15, 0.2) is 0 Å². The van der Waals surface area contributed by atoms with Gasteiger partial charge in [-0.1, -0.05) is 5.16 Å². The largest absolute Gasteiger partial charge is 0.408 e. The van der Waals surface area contributed by atoms with Gasteiger partial charge in [0.1, 0.15) is 6.42 Å². The zero-order valence-corrected chi connectivity index (χ0v) is 8.50. The first-order valence-electron chi connectivity index (χ1n) is 3.82. The zero-order chi connectivity index (χ0) is 10.8. The normalized spacial score (nSPS) is 10.4. The van der Waals surface area contributed by atoms with E-state index in [9.17, 15) is 4.79 Å². The molecule has 0 radical (unpaired) electrons. The van der Waals surface area contributed by atoms with Crippen molar-refractivity contribution in [2.75, 3.05) is 12.8 Å². The molecule has 0 aliphatic carbocycles. The van der Waals surface area contributed by atoms with Crippen LogP contribution in [0.25, 0.3) is 0 Å². The van der Waals surface area contributed by atoms with Crippen LogP contribution in [0.2, 0.25) is 0 Å². The van der Waals surface area contributed by atoms with Gasteiger partial charge in [-0.05, 0) is 0 Å². The topological polar surface area (TPSA) is 94.7 Å². The van der Waals surface area contributed by atoms with Crippen LogP contribution >= 0.6 is 12.0 Å². The number of carbonyl (C=O) groups is 1. The van der Waals surface area contributed by atoms with E-state index in [0.717, 1.165) is 12.0 Å². The molecule has 78 valence electrons. The predicted octanol–water partition coefficient (Wildman–Crippen LogP) is 0.489. The van der Waals surface area contributed by atoms with E-state index in [1.165, 1.54) is 7.05 Å². The minimum atomic E-state index is -0.307. The Morgan fingerprint density at radius 3 is 3.00 bits per heavy atom. The van der Waals surface area contributed by atoms with Gasteiger partial charge in [-0.2, -0.15) is 5.26 Å². The fourth-order valence-corrected chi connectivity index (χ4v) is 0.990. The van der Waals surface area contributed by atoms with Crippen LogP contribution in [0.5, 0.6) is 0 Å². The fraction of sp³-hybridized carbons (Fsp3) is 0.571. The van der Waals surface area contributed by atoms with Crippen molar-refractivity contribution in [2.24, 2.45) is 5.16 Å². The summed E-state index contributed by atoms with van der Waals surface area (Å²) in [6.07, 6.45) is 0.218. The number of rotatable bonds is 5. The molecule has 0 aliphatic rings. The van der Waals surface area contributed by atoms with Crippen molar-refractivity contribution >= 4 is 23.8 Å². The molecule has 0 aromatic heterocycles. The summed E-state index contributed by atoms with van der Waals surface area (Å²) in [7, 11) is 1.47. The van der Waals surface area contributed by atoms with E-state index in [2.05, 4.69) is 10.5 Å². The molecule has 0 rings (SSSR count). The van der Waals surface area contributed by atoms with Gasteiger partial charge < -0.3 is 14.7 Å². The van der Waals surface area contributed by atoms with Gasteiger partial charge in [-0.25, -0.2) is 0 Å². The lowest BCUT2D eigenvalue weighted by Gasteiger charge is -2.03. The first-order valence-corrected chi connectivity index (χ1v) is 4.73. The van der Waals surface area contributed by atoms with Crippen molar-refractivity contribution in [1.82, 2.24) is 5.32 Å². The lowest BCUT2D eigenvalue weighted by Crippen LogP contribution is -2.21. The summed E-state index contributed by atoms with van der Waals surface area (Å²) in [5, 5.41) is 21.8. The SMILES string of the molecule is CNC(=O)CC(=NO)OSCCC#N. The van der Waals surface area contributed by atoms with Crippen molar-refractivity contribution < 1.29 is 14.2 Å². The summed E-state index contributed by atoms with van der Waals surface area (Å²) >= 11 is 0.970. The van der Waals surface area contributed by atoms with Crippen molar-refractivity contribution in [3.8, 4) is 6.07 Å². The zero-order valence-electron chi connectivity index (χ0n) is 7.69. The molecule has 0 saturated carbocycles. The average Bonchev–Trinajstić information content (AvgIpc) is 2.22. The average molecular weight is 217 g/mol.